The van der Waals surface area contributed by atoms with Crippen LogP contribution in [-0.4, -0.2) is 22.6 Å². The molecule has 1 aliphatic rings. The molecule has 5 nitrogen and oxygen atoms in total. The predicted molar refractivity (Wildman–Crippen MR) is 158 cm³/mol. The second kappa shape index (κ2) is 14.7. The molecular weight excluding hydrogens is 474 g/mol. The monoisotopic (exact) mass is 527 g/mol. The van der Waals surface area contributed by atoms with Gasteiger partial charge in [0, 0.05) is 17.8 Å². The average Bonchev–Trinajstić information content (AvgIpc) is 2.83. The van der Waals surface area contributed by atoms with Gasteiger partial charge in [-0.15, -0.1) is 0 Å². The van der Waals surface area contributed by atoms with Crippen molar-refractivity contribution in [1.29, 1.82) is 0 Å². The summed E-state index contributed by atoms with van der Waals surface area (Å²) in [4.78, 5) is 23.0. The van der Waals surface area contributed by atoms with Crippen molar-refractivity contribution < 1.29 is 19.4 Å². The molecule has 1 aliphatic heterocycles. The van der Waals surface area contributed by atoms with Crippen molar-refractivity contribution in [2.45, 2.75) is 132 Å². The molecule has 2 rings (SSSR count). The number of carboxylic acid groups (broad SMARTS) is 1. The highest BCUT2D eigenvalue weighted by Gasteiger charge is 2.34. The predicted octanol–water partition coefficient (Wildman–Crippen LogP) is 8.71. The van der Waals surface area contributed by atoms with Crippen LogP contribution in [0.5, 0.6) is 5.75 Å². The lowest BCUT2D eigenvalue weighted by Crippen LogP contribution is -2.37. The number of benzene rings is 1. The van der Waals surface area contributed by atoms with Crippen molar-refractivity contribution in [1.82, 2.24) is 0 Å². The SMILES string of the molecule is Cc1c(C)c2c(c(C)c1NC(=O)/C=C/C(=O)O)CCC(C)(CCCC(C)CCCC(C)CCCC(C)C)O2. The first kappa shape index (κ1) is 31.9. The third kappa shape index (κ3) is 9.78. The van der Waals surface area contributed by atoms with Gasteiger partial charge in [-0.1, -0.05) is 72.6 Å². The van der Waals surface area contributed by atoms with Crippen LogP contribution in [0.25, 0.3) is 0 Å². The van der Waals surface area contributed by atoms with Crippen LogP contribution in [0.15, 0.2) is 12.2 Å². The molecule has 1 aromatic rings. The molecular formula is C33H53NO4. The van der Waals surface area contributed by atoms with E-state index in [9.17, 15) is 9.59 Å². The van der Waals surface area contributed by atoms with Gasteiger partial charge in [-0.05, 0) is 93.4 Å². The van der Waals surface area contributed by atoms with E-state index >= 15 is 0 Å². The van der Waals surface area contributed by atoms with Crippen molar-refractivity contribution in [3.05, 3.63) is 34.4 Å². The number of amides is 1. The second-order valence-electron chi connectivity index (χ2n) is 12.6. The summed E-state index contributed by atoms with van der Waals surface area (Å²) >= 11 is 0. The Kier molecular flexibility index (Phi) is 12.4. The molecule has 1 heterocycles. The molecule has 3 atom stereocenters. The van der Waals surface area contributed by atoms with Crippen molar-refractivity contribution >= 4 is 17.6 Å². The first-order valence-corrected chi connectivity index (χ1v) is 14.9. The fourth-order valence-corrected chi connectivity index (χ4v) is 5.79. The van der Waals surface area contributed by atoms with E-state index in [0.717, 1.165) is 82.9 Å². The summed E-state index contributed by atoms with van der Waals surface area (Å²) in [6.45, 7) is 17.8. The summed E-state index contributed by atoms with van der Waals surface area (Å²) < 4.78 is 6.70. The van der Waals surface area contributed by atoms with E-state index in [1.165, 1.54) is 51.4 Å². The van der Waals surface area contributed by atoms with Gasteiger partial charge in [0.1, 0.15) is 11.4 Å². The highest BCUT2D eigenvalue weighted by molar-refractivity contribution is 6.03. The summed E-state index contributed by atoms with van der Waals surface area (Å²) in [5.74, 6) is 1.81. The lowest BCUT2D eigenvalue weighted by atomic mass is 9.83. The fourth-order valence-electron chi connectivity index (χ4n) is 5.79. The third-order valence-corrected chi connectivity index (χ3v) is 8.53. The minimum absolute atomic E-state index is 0.170. The van der Waals surface area contributed by atoms with Crippen molar-refractivity contribution in [3.8, 4) is 5.75 Å². The summed E-state index contributed by atoms with van der Waals surface area (Å²) in [7, 11) is 0. The summed E-state index contributed by atoms with van der Waals surface area (Å²) in [6, 6.07) is 0. The van der Waals surface area contributed by atoms with Gasteiger partial charge in [0.2, 0.25) is 5.91 Å². The number of hydrogen-bond donors (Lipinski definition) is 2. The van der Waals surface area contributed by atoms with Crippen LogP contribution >= 0.6 is 0 Å². The number of hydrogen-bond acceptors (Lipinski definition) is 3. The van der Waals surface area contributed by atoms with Crippen LogP contribution < -0.4 is 10.1 Å². The number of carboxylic acids is 1. The second-order valence-corrected chi connectivity index (χ2v) is 12.6. The average molecular weight is 528 g/mol. The number of nitrogens with one attached hydrogen (secondary N) is 1. The molecule has 3 unspecified atom stereocenters. The molecule has 5 heteroatoms. The topological polar surface area (TPSA) is 75.6 Å². The van der Waals surface area contributed by atoms with Crippen LogP contribution in [-0.2, 0) is 16.0 Å². The van der Waals surface area contributed by atoms with Gasteiger partial charge in [-0.2, -0.15) is 0 Å². The smallest absolute Gasteiger partial charge is 0.328 e. The maximum Gasteiger partial charge on any atom is 0.328 e. The van der Waals surface area contributed by atoms with Gasteiger partial charge in [0.05, 0.1) is 0 Å². The maximum absolute atomic E-state index is 12.2. The number of carbonyl (C=O) groups is 2. The molecule has 0 aromatic heterocycles. The molecule has 0 fully saturated rings. The zero-order chi connectivity index (χ0) is 28.5. The van der Waals surface area contributed by atoms with E-state index in [4.69, 9.17) is 9.84 Å². The molecule has 0 aliphatic carbocycles. The Morgan fingerprint density at radius 2 is 1.47 bits per heavy atom. The molecule has 214 valence electrons. The Bertz CT molecular complexity index is 980. The number of ether oxygens (including phenoxy) is 1. The van der Waals surface area contributed by atoms with E-state index in [1.54, 1.807) is 0 Å². The van der Waals surface area contributed by atoms with Crippen molar-refractivity contribution in [2.75, 3.05) is 5.32 Å². The minimum Gasteiger partial charge on any atom is -0.487 e. The number of aliphatic carboxylic acids is 1. The van der Waals surface area contributed by atoms with Crippen LogP contribution in [0.2, 0.25) is 0 Å². The van der Waals surface area contributed by atoms with Gasteiger partial charge < -0.3 is 15.2 Å². The zero-order valence-corrected chi connectivity index (χ0v) is 25.3. The molecule has 0 saturated carbocycles. The van der Waals surface area contributed by atoms with Crippen molar-refractivity contribution in [3.63, 3.8) is 0 Å². The quantitative estimate of drug-likeness (QED) is 0.224. The molecule has 1 amide bonds. The molecule has 0 bridgehead atoms. The normalized spacial score (nSPS) is 18.8. The number of fused-ring (bicyclic) bond motifs is 1. The zero-order valence-electron chi connectivity index (χ0n) is 25.3. The van der Waals surface area contributed by atoms with Crippen molar-refractivity contribution in [2.24, 2.45) is 17.8 Å². The fraction of sp³-hybridized carbons (Fsp3) is 0.697. The molecule has 2 N–H and O–H groups in total. The minimum atomic E-state index is -1.14. The van der Waals surface area contributed by atoms with E-state index in [1.807, 2.05) is 20.8 Å². The van der Waals surface area contributed by atoms with E-state index < -0.39 is 11.9 Å². The number of anilines is 1. The highest BCUT2D eigenvalue weighted by atomic mass is 16.5. The lowest BCUT2D eigenvalue weighted by molar-refractivity contribution is -0.131. The van der Waals surface area contributed by atoms with Gasteiger partial charge in [-0.25, -0.2) is 4.79 Å². The number of rotatable bonds is 15. The largest absolute Gasteiger partial charge is 0.487 e. The Labute approximate surface area is 231 Å². The first-order valence-electron chi connectivity index (χ1n) is 14.9. The Hall–Kier alpha value is -2.30. The van der Waals surface area contributed by atoms with Gasteiger partial charge in [0.25, 0.3) is 0 Å². The van der Waals surface area contributed by atoms with E-state index in [2.05, 4.69) is 39.9 Å². The number of carbonyl (C=O) groups excluding carboxylic acids is 1. The summed E-state index contributed by atoms with van der Waals surface area (Å²) in [5, 5.41) is 11.7. The first-order chi connectivity index (χ1) is 17.8. The Morgan fingerprint density at radius 3 is 2.05 bits per heavy atom. The summed E-state index contributed by atoms with van der Waals surface area (Å²) in [5.41, 5.74) is 4.76. The summed E-state index contributed by atoms with van der Waals surface area (Å²) in [6.07, 6.45) is 15.4. The Balaban J connectivity index is 1.89. The van der Waals surface area contributed by atoms with Crippen LogP contribution in [0.1, 0.15) is 121 Å². The van der Waals surface area contributed by atoms with E-state index in [-0.39, 0.29) is 5.60 Å². The third-order valence-electron chi connectivity index (χ3n) is 8.53. The standard InChI is InChI=1S/C33H53NO4/c1-22(2)12-9-13-23(3)14-10-15-24(4)16-11-20-33(8)21-19-28-27(7)31(25(5)26(6)32(28)38-33)34-29(35)17-18-30(36)37/h17-18,22-24H,9-16,19-21H2,1-8H3,(H,34,35)(H,36,37)/b18-17+. The Morgan fingerprint density at radius 1 is 0.895 bits per heavy atom. The molecule has 38 heavy (non-hydrogen) atoms. The van der Waals surface area contributed by atoms with Crippen LogP contribution in [0.3, 0.4) is 0 Å². The molecule has 1 aromatic carbocycles. The van der Waals surface area contributed by atoms with Gasteiger partial charge in [0.15, 0.2) is 0 Å². The van der Waals surface area contributed by atoms with Crippen LogP contribution in [0, 0.1) is 38.5 Å². The lowest BCUT2D eigenvalue weighted by Gasteiger charge is -2.38. The van der Waals surface area contributed by atoms with Gasteiger partial charge >= 0.3 is 5.97 Å². The molecule has 0 spiro atoms. The maximum atomic E-state index is 12.2. The van der Waals surface area contributed by atoms with E-state index in [0.29, 0.717) is 0 Å². The van der Waals surface area contributed by atoms with Crippen LogP contribution in [0.4, 0.5) is 5.69 Å². The van der Waals surface area contributed by atoms with Gasteiger partial charge in [-0.3, -0.25) is 4.79 Å². The molecule has 0 radical (unpaired) electrons. The highest BCUT2D eigenvalue weighted by Crippen LogP contribution is 2.44. The molecule has 0 saturated heterocycles.